The highest BCUT2D eigenvalue weighted by molar-refractivity contribution is 6.30. The number of nitrogens with zero attached hydrogens (tertiary/aromatic N) is 1. The molecule has 3 rings (SSSR count). The number of para-hydroxylation sites is 1. The predicted octanol–water partition coefficient (Wildman–Crippen LogP) is 2.94. The first-order chi connectivity index (χ1) is 13.1. The van der Waals surface area contributed by atoms with Crippen molar-refractivity contribution in [3.63, 3.8) is 0 Å². The summed E-state index contributed by atoms with van der Waals surface area (Å²) in [5, 5.41) is 7.10. The summed E-state index contributed by atoms with van der Waals surface area (Å²) in [5.41, 5.74) is 1.70. The Hall–Kier alpha value is -2.44. The zero-order valence-corrected chi connectivity index (χ0v) is 16.3. The van der Waals surface area contributed by atoms with Gasteiger partial charge in [-0.1, -0.05) is 29.8 Å². The number of carbonyl (C=O) groups is 1. The first kappa shape index (κ1) is 19.3. The van der Waals surface area contributed by atoms with Crippen molar-refractivity contribution in [1.82, 2.24) is 10.2 Å². The van der Waals surface area contributed by atoms with E-state index in [-0.39, 0.29) is 18.5 Å². The first-order valence-electron chi connectivity index (χ1n) is 8.84. The quantitative estimate of drug-likeness (QED) is 0.795. The number of ether oxygens (including phenoxy) is 2. The van der Waals surface area contributed by atoms with E-state index >= 15 is 0 Å². The number of anilines is 1. The molecule has 2 aromatic rings. The monoisotopic (exact) mass is 389 g/mol. The average Bonchev–Trinajstić information content (AvgIpc) is 2.72. The lowest BCUT2D eigenvalue weighted by molar-refractivity contribution is -0.132. The summed E-state index contributed by atoms with van der Waals surface area (Å²) in [5.74, 6) is 1.44. The number of piperazine rings is 1. The highest BCUT2D eigenvalue weighted by Gasteiger charge is 2.29. The van der Waals surface area contributed by atoms with Crippen LogP contribution in [0.15, 0.2) is 42.5 Å². The zero-order valence-electron chi connectivity index (χ0n) is 15.5. The molecule has 7 heteroatoms. The Balaban J connectivity index is 1.75. The number of nitrogens with one attached hydrogen (secondary N) is 2. The van der Waals surface area contributed by atoms with Gasteiger partial charge in [0.1, 0.15) is 11.5 Å². The van der Waals surface area contributed by atoms with Crippen molar-refractivity contribution in [2.24, 2.45) is 0 Å². The van der Waals surface area contributed by atoms with Crippen LogP contribution in [0.2, 0.25) is 5.02 Å². The van der Waals surface area contributed by atoms with Gasteiger partial charge in [-0.2, -0.15) is 0 Å². The second kappa shape index (κ2) is 8.97. The average molecular weight is 390 g/mol. The topological polar surface area (TPSA) is 62.8 Å². The van der Waals surface area contributed by atoms with Crippen molar-refractivity contribution in [3.8, 4) is 11.5 Å². The Bertz CT molecular complexity index is 800. The molecular weight excluding hydrogens is 366 g/mol. The van der Waals surface area contributed by atoms with Crippen LogP contribution in [0.3, 0.4) is 0 Å². The Morgan fingerprint density at radius 1 is 1.22 bits per heavy atom. The standard InChI is InChI=1S/C20H24ClN3O3/c1-26-18-6-4-3-5-15(18)17-12-22-9-10-24(17)20(25)13-23-16-11-14(21)7-8-19(16)27-2/h3-8,11,17,22-23H,9-10,12-13H2,1-2H3. The number of halogens is 1. The third-order valence-corrected chi connectivity index (χ3v) is 4.89. The normalized spacial score (nSPS) is 16.7. The van der Waals surface area contributed by atoms with Crippen molar-refractivity contribution in [1.29, 1.82) is 0 Å². The van der Waals surface area contributed by atoms with E-state index in [0.717, 1.165) is 17.9 Å². The fourth-order valence-electron chi connectivity index (χ4n) is 3.31. The molecule has 0 saturated carbocycles. The molecule has 0 aromatic heterocycles. The lowest BCUT2D eigenvalue weighted by atomic mass is 10.0. The largest absolute Gasteiger partial charge is 0.496 e. The summed E-state index contributed by atoms with van der Waals surface area (Å²) in [6.07, 6.45) is 0. The van der Waals surface area contributed by atoms with Gasteiger partial charge in [0, 0.05) is 30.2 Å². The Morgan fingerprint density at radius 3 is 2.78 bits per heavy atom. The van der Waals surface area contributed by atoms with Crippen molar-refractivity contribution >= 4 is 23.2 Å². The molecule has 1 aliphatic rings. The van der Waals surface area contributed by atoms with E-state index in [9.17, 15) is 4.79 Å². The Kier molecular flexibility index (Phi) is 6.42. The minimum absolute atomic E-state index is 0.00874. The van der Waals surface area contributed by atoms with Gasteiger partial charge in [-0.25, -0.2) is 0 Å². The van der Waals surface area contributed by atoms with Crippen LogP contribution in [0.1, 0.15) is 11.6 Å². The maximum absolute atomic E-state index is 13.0. The fourth-order valence-corrected chi connectivity index (χ4v) is 3.49. The molecule has 0 spiro atoms. The van der Waals surface area contributed by atoms with Crippen LogP contribution in [0.25, 0.3) is 0 Å². The third-order valence-electron chi connectivity index (χ3n) is 4.65. The lowest BCUT2D eigenvalue weighted by Crippen LogP contribution is -2.50. The van der Waals surface area contributed by atoms with Crippen LogP contribution < -0.4 is 20.1 Å². The van der Waals surface area contributed by atoms with Crippen LogP contribution in [0, 0.1) is 0 Å². The predicted molar refractivity (Wildman–Crippen MR) is 107 cm³/mol. The van der Waals surface area contributed by atoms with Gasteiger partial charge in [-0.3, -0.25) is 4.79 Å². The molecule has 1 heterocycles. The van der Waals surface area contributed by atoms with Crippen LogP contribution in [-0.2, 0) is 4.79 Å². The number of benzene rings is 2. The molecule has 0 radical (unpaired) electrons. The van der Waals surface area contributed by atoms with E-state index in [1.807, 2.05) is 29.2 Å². The van der Waals surface area contributed by atoms with Crippen molar-refractivity contribution in [3.05, 3.63) is 53.1 Å². The molecule has 1 unspecified atom stereocenters. The molecule has 0 aliphatic carbocycles. The zero-order chi connectivity index (χ0) is 19.2. The van der Waals surface area contributed by atoms with Gasteiger partial charge < -0.3 is 25.0 Å². The number of hydrogen-bond donors (Lipinski definition) is 2. The van der Waals surface area contributed by atoms with E-state index < -0.39 is 0 Å². The molecule has 27 heavy (non-hydrogen) atoms. The van der Waals surface area contributed by atoms with Gasteiger partial charge >= 0.3 is 0 Å². The fraction of sp³-hybridized carbons (Fsp3) is 0.350. The number of carbonyl (C=O) groups excluding carboxylic acids is 1. The van der Waals surface area contributed by atoms with Gasteiger partial charge in [-0.05, 0) is 24.3 Å². The minimum atomic E-state index is -0.0783. The second-order valence-electron chi connectivity index (χ2n) is 6.25. The van der Waals surface area contributed by atoms with E-state index in [1.54, 1.807) is 32.4 Å². The van der Waals surface area contributed by atoms with Crippen molar-refractivity contribution < 1.29 is 14.3 Å². The third kappa shape index (κ3) is 4.46. The number of rotatable bonds is 6. The SMILES string of the molecule is COc1ccc(Cl)cc1NCC(=O)N1CCNCC1c1ccccc1OC. The summed E-state index contributed by atoms with van der Waals surface area (Å²) < 4.78 is 10.8. The lowest BCUT2D eigenvalue weighted by Gasteiger charge is -2.37. The molecule has 1 fully saturated rings. The Labute approximate surface area is 164 Å². The summed E-state index contributed by atoms with van der Waals surface area (Å²) in [6, 6.07) is 13.0. The highest BCUT2D eigenvalue weighted by atomic mass is 35.5. The molecule has 6 nitrogen and oxygen atoms in total. The second-order valence-corrected chi connectivity index (χ2v) is 6.68. The first-order valence-corrected chi connectivity index (χ1v) is 9.22. The maximum Gasteiger partial charge on any atom is 0.242 e. The smallest absolute Gasteiger partial charge is 0.242 e. The van der Waals surface area contributed by atoms with Crippen LogP contribution >= 0.6 is 11.6 Å². The van der Waals surface area contributed by atoms with Gasteiger partial charge in [0.25, 0.3) is 0 Å². The van der Waals surface area contributed by atoms with Crippen molar-refractivity contribution in [2.75, 3.05) is 45.7 Å². The van der Waals surface area contributed by atoms with Gasteiger partial charge in [0.2, 0.25) is 5.91 Å². The highest BCUT2D eigenvalue weighted by Crippen LogP contribution is 2.31. The minimum Gasteiger partial charge on any atom is -0.496 e. The van der Waals surface area contributed by atoms with E-state index in [0.29, 0.717) is 29.5 Å². The molecule has 2 N–H and O–H groups in total. The molecule has 2 aromatic carbocycles. The van der Waals surface area contributed by atoms with Gasteiger partial charge in [0.15, 0.2) is 0 Å². The molecule has 0 bridgehead atoms. The molecule has 1 atom stereocenters. The molecule has 1 saturated heterocycles. The van der Waals surface area contributed by atoms with Crippen LogP contribution in [-0.4, -0.2) is 51.2 Å². The summed E-state index contributed by atoms with van der Waals surface area (Å²) >= 11 is 6.06. The number of amides is 1. The summed E-state index contributed by atoms with van der Waals surface area (Å²) in [6.45, 7) is 2.24. The van der Waals surface area contributed by atoms with Crippen molar-refractivity contribution in [2.45, 2.75) is 6.04 Å². The Morgan fingerprint density at radius 2 is 2.00 bits per heavy atom. The number of hydrogen-bond acceptors (Lipinski definition) is 5. The van der Waals surface area contributed by atoms with E-state index in [1.165, 1.54) is 0 Å². The van der Waals surface area contributed by atoms with E-state index in [2.05, 4.69) is 10.6 Å². The van der Waals surface area contributed by atoms with Crippen LogP contribution in [0.4, 0.5) is 5.69 Å². The van der Waals surface area contributed by atoms with Crippen LogP contribution in [0.5, 0.6) is 11.5 Å². The summed E-state index contributed by atoms with van der Waals surface area (Å²) in [4.78, 5) is 14.8. The molecule has 1 amide bonds. The molecule has 144 valence electrons. The van der Waals surface area contributed by atoms with Gasteiger partial charge in [-0.15, -0.1) is 0 Å². The van der Waals surface area contributed by atoms with E-state index in [4.69, 9.17) is 21.1 Å². The molecule has 1 aliphatic heterocycles. The number of methoxy groups -OCH3 is 2. The maximum atomic E-state index is 13.0. The summed E-state index contributed by atoms with van der Waals surface area (Å²) in [7, 11) is 3.23. The molecular formula is C20H24ClN3O3. The van der Waals surface area contributed by atoms with Gasteiger partial charge in [0.05, 0.1) is 32.5 Å².